The van der Waals surface area contributed by atoms with Crippen LogP contribution < -0.4 is 10.5 Å². The molecule has 0 amide bonds. The highest BCUT2D eigenvalue weighted by Gasteiger charge is 2.12. The fourth-order valence-electron chi connectivity index (χ4n) is 1.52. The minimum Gasteiger partial charge on any atom is -0.494 e. The highest BCUT2D eigenvalue weighted by Crippen LogP contribution is 2.26. The van der Waals surface area contributed by atoms with E-state index in [-0.39, 0.29) is 5.95 Å². The Morgan fingerprint density at radius 2 is 2.12 bits per heavy atom. The maximum absolute atomic E-state index is 11.4. The summed E-state index contributed by atoms with van der Waals surface area (Å²) in [7, 11) is 2.81. The van der Waals surface area contributed by atoms with Crippen LogP contribution in [0.3, 0.4) is 0 Å². The number of carbonyl (C=O) groups excluding carboxylic acids is 1. The Balaban J connectivity index is 2.70. The number of hydrogen-bond acceptors (Lipinski definition) is 6. The van der Waals surface area contributed by atoms with Crippen molar-refractivity contribution < 1.29 is 14.3 Å². The molecule has 1 aromatic carbocycles. The van der Waals surface area contributed by atoms with E-state index < -0.39 is 5.97 Å². The van der Waals surface area contributed by atoms with Crippen molar-refractivity contribution in [3.63, 3.8) is 0 Å². The third-order valence-electron chi connectivity index (χ3n) is 2.31. The van der Waals surface area contributed by atoms with Crippen LogP contribution in [0.4, 0.5) is 5.95 Å². The molecule has 88 valence electrons. The number of rotatable bonds is 2. The number of benzene rings is 1. The van der Waals surface area contributed by atoms with Gasteiger partial charge in [0.05, 0.1) is 19.8 Å². The number of hydrogen-bond donors (Lipinski definition) is 1. The van der Waals surface area contributed by atoms with Gasteiger partial charge in [-0.05, 0) is 12.1 Å². The lowest BCUT2D eigenvalue weighted by Gasteiger charge is -2.07. The molecular weight excluding hydrogens is 222 g/mol. The molecule has 0 aliphatic heterocycles. The number of aromatic nitrogens is 2. The van der Waals surface area contributed by atoms with Gasteiger partial charge in [-0.2, -0.15) is 0 Å². The zero-order valence-corrected chi connectivity index (χ0v) is 9.43. The first-order valence-electron chi connectivity index (χ1n) is 4.84. The van der Waals surface area contributed by atoms with E-state index in [1.165, 1.54) is 20.4 Å². The molecule has 0 bridgehead atoms. The molecular formula is C11H11N3O3. The van der Waals surface area contributed by atoms with Gasteiger partial charge in [-0.1, -0.05) is 0 Å². The first kappa shape index (κ1) is 11.1. The Morgan fingerprint density at radius 1 is 1.35 bits per heavy atom. The van der Waals surface area contributed by atoms with Crippen molar-refractivity contribution in [3.8, 4) is 5.75 Å². The van der Waals surface area contributed by atoms with Gasteiger partial charge < -0.3 is 15.2 Å². The number of ether oxygens (including phenoxy) is 2. The van der Waals surface area contributed by atoms with Gasteiger partial charge in [0.1, 0.15) is 11.3 Å². The number of methoxy groups -OCH3 is 2. The van der Waals surface area contributed by atoms with Gasteiger partial charge in [0, 0.05) is 11.6 Å². The van der Waals surface area contributed by atoms with Crippen LogP contribution >= 0.6 is 0 Å². The minimum absolute atomic E-state index is 0.154. The molecule has 0 saturated heterocycles. The summed E-state index contributed by atoms with van der Waals surface area (Å²) in [6.45, 7) is 0. The topological polar surface area (TPSA) is 87.3 Å². The molecule has 6 nitrogen and oxygen atoms in total. The maximum Gasteiger partial charge on any atom is 0.338 e. The van der Waals surface area contributed by atoms with E-state index in [2.05, 4.69) is 14.7 Å². The van der Waals surface area contributed by atoms with Crippen LogP contribution in [0, 0.1) is 0 Å². The maximum atomic E-state index is 11.4. The fourth-order valence-corrected chi connectivity index (χ4v) is 1.52. The van der Waals surface area contributed by atoms with Gasteiger partial charge in [0.25, 0.3) is 0 Å². The van der Waals surface area contributed by atoms with Crippen LogP contribution in [0.5, 0.6) is 5.75 Å². The second kappa shape index (κ2) is 4.25. The number of anilines is 1. The third kappa shape index (κ3) is 1.96. The minimum atomic E-state index is -0.443. The molecule has 0 spiro atoms. The normalized spacial score (nSPS) is 10.2. The number of nitrogens with zero attached hydrogens (tertiary/aromatic N) is 2. The van der Waals surface area contributed by atoms with Crippen molar-refractivity contribution in [1.29, 1.82) is 0 Å². The second-order valence-electron chi connectivity index (χ2n) is 3.34. The van der Waals surface area contributed by atoms with Crippen LogP contribution in [-0.4, -0.2) is 30.2 Å². The van der Waals surface area contributed by atoms with Gasteiger partial charge in [-0.3, -0.25) is 0 Å². The summed E-state index contributed by atoms with van der Waals surface area (Å²) in [6.07, 6.45) is 1.53. The molecule has 0 aliphatic rings. The summed E-state index contributed by atoms with van der Waals surface area (Å²) in [6, 6.07) is 3.18. The zero-order valence-electron chi connectivity index (χ0n) is 9.43. The predicted molar refractivity (Wildman–Crippen MR) is 61.8 cm³/mol. The average molecular weight is 233 g/mol. The molecule has 0 atom stereocenters. The van der Waals surface area contributed by atoms with Gasteiger partial charge >= 0.3 is 5.97 Å². The molecule has 6 heteroatoms. The molecule has 2 N–H and O–H groups in total. The first-order valence-corrected chi connectivity index (χ1v) is 4.84. The SMILES string of the molecule is COC(=O)c1cc(OC)c2nc(N)ncc2c1. The van der Waals surface area contributed by atoms with Gasteiger partial charge in [-0.15, -0.1) is 0 Å². The van der Waals surface area contributed by atoms with Crippen molar-refractivity contribution in [3.05, 3.63) is 23.9 Å². The number of carbonyl (C=O) groups is 1. The Bertz CT molecular complexity index is 583. The number of nitrogen functional groups attached to an aromatic ring is 1. The van der Waals surface area contributed by atoms with E-state index >= 15 is 0 Å². The van der Waals surface area contributed by atoms with E-state index in [9.17, 15) is 4.79 Å². The highest BCUT2D eigenvalue weighted by molar-refractivity contribution is 5.96. The summed E-state index contributed by atoms with van der Waals surface area (Å²) in [5.74, 6) is 0.167. The van der Waals surface area contributed by atoms with E-state index in [0.29, 0.717) is 22.2 Å². The lowest BCUT2D eigenvalue weighted by Crippen LogP contribution is -2.03. The zero-order chi connectivity index (χ0) is 12.4. The molecule has 17 heavy (non-hydrogen) atoms. The number of nitrogens with two attached hydrogens (primary N) is 1. The number of fused-ring (bicyclic) bond motifs is 1. The van der Waals surface area contributed by atoms with E-state index in [1.54, 1.807) is 12.1 Å². The summed E-state index contributed by atoms with van der Waals surface area (Å²) in [5, 5.41) is 0.666. The first-order chi connectivity index (χ1) is 8.15. The second-order valence-corrected chi connectivity index (χ2v) is 3.34. The van der Waals surface area contributed by atoms with Crippen LogP contribution in [0.15, 0.2) is 18.3 Å². The monoisotopic (exact) mass is 233 g/mol. The summed E-state index contributed by atoms with van der Waals surface area (Å²) < 4.78 is 9.81. The standard InChI is InChI=1S/C11H11N3O3/c1-16-8-4-6(10(15)17-2)3-7-5-13-11(12)14-9(7)8/h3-5H,1-2H3,(H2,12,13,14). The molecule has 0 aliphatic carbocycles. The Morgan fingerprint density at radius 3 is 2.76 bits per heavy atom. The van der Waals surface area contributed by atoms with Crippen LogP contribution in [0.1, 0.15) is 10.4 Å². The lowest BCUT2D eigenvalue weighted by molar-refractivity contribution is 0.0600. The molecule has 2 aromatic rings. The van der Waals surface area contributed by atoms with Crippen LogP contribution in [0.25, 0.3) is 10.9 Å². The highest BCUT2D eigenvalue weighted by atomic mass is 16.5. The third-order valence-corrected chi connectivity index (χ3v) is 2.31. The summed E-state index contributed by atoms with van der Waals surface area (Å²) in [4.78, 5) is 19.4. The van der Waals surface area contributed by atoms with Gasteiger partial charge in [0.2, 0.25) is 5.95 Å². The number of esters is 1. The molecule has 0 unspecified atom stereocenters. The smallest absolute Gasteiger partial charge is 0.338 e. The van der Waals surface area contributed by atoms with Crippen molar-refractivity contribution in [2.75, 3.05) is 20.0 Å². The predicted octanol–water partition coefficient (Wildman–Crippen LogP) is 1.01. The van der Waals surface area contributed by atoms with Gasteiger partial charge in [0.15, 0.2) is 0 Å². The Kier molecular flexibility index (Phi) is 2.78. The van der Waals surface area contributed by atoms with E-state index in [4.69, 9.17) is 10.5 Å². The van der Waals surface area contributed by atoms with Crippen molar-refractivity contribution in [1.82, 2.24) is 9.97 Å². The van der Waals surface area contributed by atoms with Crippen molar-refractivity contribution in [2.45, 2.75) is 0 Å². The van der Waals surface area contributed by atoms with Crippen LogP contribution in [-0.2, 0) is 4.74 Å². The molecule has 0 fully saturated rings. The molecule has 1 heterocycles. The van der Waals surface area contributed by atoms with Crippen molar-refractivity contribution >= 4 is 22.8 Å². The largest absolute Gasteiger partial charge is 0.494 e. The average Bonchev–Trinajstić information content (AvgIpc) is 2.36. The molecule has 2 rings (SSSR count). The Labute approximate surface area is 97.4 Å². The quantitative estimate of drug-likeness (QED) is 0.779. The van der Waals surface area contributed by atoms with Gasteiger partial charge in [-0.25, -0.2) is 14.8 Å². The fraction of sp³-hybridized carbons (Fsp3) is 0.182. The molecule has 0 radical (unpaired) electrons. The lowest BCUT2D eigenvalue weighted by atomic mass is 10.1. The Hall–Kier alpha value is -2.37. The van der Waals surface area contributed by atoms with E-state index in [0.717, 1.165) is 0 Å². The summed E-state index contributed by atoms with van der Waals surface area (Å²) >= 11 is 0. The molecule has 1 aromatic heterocycles. The van der Waals surface area contributed by atoms with E-state index in [1.807, 2.05) is 0 Å². The molecule has 0 saturated carbocycles. The summed E-state index contributed by atoms with van der Waals surface area (Å²) in [5.41, 5.74) is 6.44. The van der Waals surface area contributed by atoms with Crippen LogP contribution in [0.2, 0.25) is 0 Å². The van der Waals surface area contributed by atoms with Crippen molar-refractivity contribution in [2.24, 2.45) is 0 Å².